The van der Waals surface area contributed by atoms with Crippen LogP contribution in [0.25, 0.3) is 0 Å². The molecule has 2 nitrogen and oxygen atoms in total. The minimum absolute atomic E-state index is 0.793. The molecule has 0 unspecified atom stereocenters. The monoisotopic (exact) mass is 175 g/mol. The molecule has 0 aliphatic carbocycles. The zero-order valence-corrected chi connectivity index (χ0v) is 8.17. The molecule has 0 aliphatic rings. The number of hydrogen-bond donors (Lipinski definition) is 1. The normalized spacial score (nSPS) is 10.0. The fourth-order valence-corrected chi connectivity index (χ4v) is 1.52. The van der Waals surface area contributed by atoms with Crippen molar-refractivity contribution < 1.29 is 4.90 Å². The maximum absolute atomic E-state index is 8.90. The molecule has 0 heterocycles. The van der Waals surface area contributed by atoms with Gasteiger partial charge in [0.15, 0.2) is 0 Å². The number of nitrogens with one attached hydrogen (secondary N) is 1. The smallest absolute Gasteiger partial charge is 0.149 e. The summed E-state index contributed by atoms with van der Waals surface area (Å²) in [6.45, 7) is 6.31. The minimum atomic E-state index is 0.793. The largest absolute Gasteiger partial charge is 0.302 e. The van der Waals surface area contributed by atoms with E-state index in [0.29, 0.717) is 0 Å². The first-order chi connectivity index (χ1) is 6.33. The predicted octanol–water partition coefficient (Wildman–Crippen LogP) is 1.11. The van der Waals surface area contributed by atoms with Gasteiger partial charge >= 0.3 is 0 Å². The molecule has 0 saturated carbocycles. The first-order valence-electron chi connectivity index (χ1n) is 4.67. The zero-order chi connectivity index (χ0) is 9.68. The van der Waals surface area contributed by atoms with Gasteiger partial charge in [0.25, 0.3) is 0 Å². The standard InChI is InChI=1S/C11H14N2/c1-3-13(4-2)11-8-6-5-7-10(11)9-12/h5-8H,3-4H2,1-2H3/p+1. The SMILES string of the molecule is CC[NH+](CC)c1ccccc1C#N. The van der Waals surface area contributed by atoms with Crippen molar-refractivity contribution in [1.29, 1.82) is 5.26 Å². The maximum atomic E-state index is 8.90. The molecule has 1 rings (SSSR count). The molecule has 0 amide bonds. The highest BCUT2D eigenvalue weighted by molar-refractivity contribution is 5.47. The average molecular weight is 175 g/mol. The Kier molecular flexibility index (Phi) is 3.48. The first kappa shape index (κ1) is 9.76. The van der Waals surface area contributed by atoms with E-state index >= 15 is 0 Å². The van der Waals surface area contributed by atoms with Crippen LogP contribution >= 0.6 is 0 Å². The number of benzene rings is 1. The molecular formula is C11H15N2+. The van der Waals surface area contributed by atoms with Gasteiger partial charge in [0.1, 0.15) is 17.3 Å². The molecule has 0 saturated heterocycles. The second kappa shape index (κ2) is 4.64. The summed E-state index contributed by atoms with van der Waals surface area (Å²) in [5.41, 5.74) is 1.91. The molecule has 0 radical (unpaired) electrons. The molecule has 1 aromatic carbocycles. The molecule has 0 aromatic heterocycles. The topological polar surface area (TPSA) is 28.2 Å². The fourth-order valence-electron chi connectivity index (χ4n) is 1.52. The van der Waals surface area contributed by atoms with Crippen LogP contribution in [0.2, 0.25) is 0 Å². The highest BCUT2D eigenvalue weighted by atomic mass is 15.1. The van der Waals surface area contributed by atoms with Crippen molar-refractivity contribution in [2.75, 3.05) is 13.1 Å². The second-order valence-corrected chi connectivity index (χ2v) is 2.97. The van der Waals surface area contributed by atoms with Crippen LogP contribution in [0, 0.1) is 11.3 Å². The van der Waals surface area contributed by atoms with Crippen LogP contribution in [0.5, 0.6) is 0 Å². The fraction of sp³-hybridized carbons (Fsp3) is 0.364. The molecule has 0 bridgehead atoms. The van der Waals surface area contributed by atoms with Gasteiger partial charge < -0.3 is 4.90 Å². The summed E-state index contributed by atoms with van der Waals surface area (Å²) in [7, 11) is 0. The number of quaternary nitrogens is 1. The highest BCUT2D eigenvalue weighted by Crippen LogP contribution is 2.07. The third-order valence-electron chi connectivity index (χ3n) is 2.28. The molecule has 0 aliphatic heterocycles. The lowest BCUT2D eigenvalue weighted by Gasteiger charge is -2.15. The first-order valence-corrected chi connectivity index (χ1v) is 4.67. The van der Waals surface area contributed by atoms with E-state index in [9.17, 15) is 0 Å². The lowest BCUT2D eigenvalue weighted by molar-refractivity contribution is -0.828. The van der Waals surface area contributed by atoms with Gasteiger partial charge in [0, 0.05) is 6.07 Å². The van der Waals surface area contributed by atoms with Crippen molar-refractivity contribution >= 4 is 5.69 Å². The summed E-state index contributed by atoms with van der Waals surface area (Å²) in [5.74, 6) is 0. The molecule has 0 fully saturated rings. The Labute approximate surface area is 79.4 Å². The Balaban J connectivity index is 3.05. The van der Waals surface area contributed by atoms with Crippen molar-refractivity contribution in [3.8, 4) is 6.07 Å². The molecule has 13 heavy (non-hydrogen) atoms. The Morgan fingerprint density at radius 3 is 2.38 bits per heavy atom. The number of hydrogen-bond acceptors (Lipinski definition) is 1. The zero-order valence-electron chi connectivity index (χ0n) is 8.17. The molecule has 1 aromatic rings. The van der Waals surface area contributed by atoms with Crippen molar-refractivity contribution in [2.24, 2.45) is 0 Å². The molecule has 0 atom stereocenters. The van der Waals surface area contributed by atoms with Crippen molar-refractivity contribution in [1.82, 2.24) is 0 Å². The van der Waals surface area contributed by atoms with E-state index in [4.69, 9.17) is 5.26 Å². The van der Waals surface area contributed by atoms with Gasteiger partial charge in [0.05, 0.1) is 13.1 Å². The number of nitrogens with zero attached hydrogens (tertiary/aromatic N) is 1. The van der Waals surface area contributed by atoms with E-state index in [2.05, 4.69) is 19.9 Å². The van der Waals surface area contributed by atoms with Gasteiger partial charge in [-0.15, -0.1) is 0 Å². The Hall–Kier alpha value is -1.33. The third kappa shape index (κ3) is 2.07. The summed E-state index contributed by atoms with van der Waals surface area (Å²) >= 11 is 0. The van der Waals surface area contributed by atoms with Crippen LogP contribution in [0.15, 0.2) is 24.3 Å². The summed E-state index contributed by atoms with van der Waals surface area (Å²) < 4.78 is 0. The third-order valence-corrected chi connectivity index (χ3v) is 2.28. The van der Waals surface area contributed by atoms with E-state index in [-0.39, 0.29) is 0 Å². The number of nitriles is 1. The Morgan fingerprint density at radius 1 is 1.23 bits per heavy atom. The van der Waals surface area contributed by atoms with Gasteiger partial charge in [-0.3, -0.25) is 0 Å². The van der Waals surface area contributed by atoms with Crippen LogP contribution < -0.4 is 4.90 Å². The van der Waals surface area contributed by atoms with Crippen LogP contribution in [0.1, 0.15) is 19.4 Å². The van der Waals surface area contributed by atoms with Crippen LogP contribution in [-0.2, 0) is 0 Å². The summed E-state index contributed by atoms with van der Waals surface area (Å²) in [6, 6.07) is 10.0. The molecule has 0 spiro atoms. The Morgan fingerprint density at radius 2 is 1.85 bits per heavy atom. The lowest BCUT2D eigenvalue weighted by atomic mass is 10.2. The molecule has 1 N–H and O–H groups in total. The van der Waals surface area contributed by atoms with Crippen LogP contribution in [0.3, 0.4) is 0 Å². The summed E-state index contributed by atoms with van der Waals surface area (Å²) in [4.78, 5) is 1.36. The quantitative estimate of drug-likeness (QED) is 0.732. The number of rotatable bonds is 3. The number of para-hydroxylation sites is 1. The molecular weight excluding hydrogens is 160 g/mol. The van der Waals surface area contributed by atoms with Gasteiger partial charge in [0.2, 0.25) is 0 Å². The molecule has 68 valence electrons. The maximum Gasteiger partial charge on any atom is 0.149 e. The average Bonchev–Trinajstić information content (AvgIpc) is 2.20. The van der Waals surface area contributed by atoms with E-state index in [1.54, 1.807) is 0 Å². The van der Waals surface area contributed by atoms with Gasteiger partial charge in [-0.05, 0) is 19.9 Å². The van der Waals surface area contributed by atoms with E-state index < -0.39 is 0 Å². The second-order valence-electron chi connectivity index (χ2n) is 2.97. The summed E-state index contributed by atoms with van der Waals surface area (Å²) in [6.07, 6.45) is 0. The van der Waals surface area contributed by atoms with E-state index in [1.807, 2.05) is 24.3 Å². The Bertz CT molecular complexity index is 308. The predicted molar refractivity (Wildman–Crippen MR) is 52.9 cm³/mol. The van der Waals surface area contributed by atoms with Crippen molar-refractivity contribution in [3.63, 3.8) is 0 Å². The van der Waals surface area contributed by atoms with Gasteiger partial charge in [-0.1, -0.05) is 12.1 Å². The highest BCUT2D eigenvalue weighted by Gasteiger charge is 2.11. The van der Waals surface area contributed by atoms with Gasteiger partial charge in [-0.25, -0.2) is 0 Å². The van der Waals surface area contributed by atoms with Crippen LogP contribution in [-0.4, -0.2) is 13.1 Å². The van der Waals surface area contributed by atoms with Crippen LogP contribution in [0.4, 0.5) is 5.69 Å². The van der Waals surface area contributed by atoms with E-state index in [1.165, 1.54) is 4.90 Å². The summed E-state index contributed by atoms with van der Waals surface area (Å²) in [5, 5.41) is 8.90. The lowest BCUT2D eigenvalue weighted by Crippen LogP contribution is -3.06. The van der Waals surface area contributed by atoms with Crippen molar-refractivity contribution in [2.45, 2.75) is 13.8 Å². The van der Waals surface area contributed by atoms with Gasteiger partial charge in [-0.2, -0.15) is 5.26 Å². The van der Waals surface area contributed by atoms with Crippen molar-refractivity contribution in [3.05, 3.63) is 29.8 Å². The minimum Gasteiger partial charge on any atom is -0.302 e. The van der Waals surface area contributed by atoms with E-state index in [0.717, 1.165) is 24.3 Å². The molecule has 2 heteroatoms.